The number of ether oxygens (including phenoxy) is 1. The second-order valence-corrected chi connectivity index (χ2v) is 2.54. The molecule has 1 aliphatic heterocycles. The summed E-state index contributed by atoms with van der Waals surface area (Å²) >= 11 is 0. The molecule has 65 valence electrons. The first kappa shape index (κ1) is 8.89. The van der Waals surface area contributed by atoms with E-state index in [-0.39, 0.29) is 0 Å². The van der Waals surface area contributed by atoms with E-state index in [4.69, 9.17) is 20.4 Å². The second kappa shape index (κ2) is 3.04. The summed E-state index contributed by atoms with van der Waals surface area (Å²) in [6.45, 7) is 3.31. The van der Waals surface area contributed by atoms with Crippen LogP contribution in [0.3, 0.4) is 0 Å². The van der Waals surface area contributed by atoms with E-state index in [1.54, 1.807) is 0 Å². The minimum Gasteiger partial charge on any atom is -0.388 e. The van der Waals surface area contributed by atoms with Gasteiger partial charge in [-0.3, -0.25) is 0 Å². The lowest BCUT2D eigenvalue weighted by atomic mass is 10.0. The van der Waals surface area contributed by atoms with Gasteiger partial charge in [-0.05, 0) is 6.92 Å². The number of hydrogen-bond donors (Lipinski definition) is 4. The highest BCUT2D eigenvalue weighted by Gasteiger charge is 2.40. The Morgan fingerprint density at radius 1 is 0.909 bits per heavy atom. The summed E-state index contributed by atoms with van der Waals surface area (Å²) in [7, 11) is 0. The molecule has 5 atom stereocenters. The van der Waals surface area contributed by atoms with E-state index in [1.165, 1.54) is 0 Å². The highest BCUT2D eigenvalue weighted by atomic mass is 16.6. The summed E-state index contributed by atoms with van der Waals surface area (Å²) in [5.74, 6) is 0. The van der Waals surface area contributed by atoms with Crippen molar-refractivity contribution in [3.63, 3.8) is 0 Å². The van der Waals surface area contributed by atoms with Crippen LogP contribution in [0.1, 0.15) is 0 Å². The Hall–Kier alpha value is -0.200. The SMILES string of the molecule is [CH2][C@H]1O[C@H](O)[C@H](O)[C@@H](O)[C@@H]1O. The number of hydrogen-bond acceptors (Lipinski definition) is 5. The van der Waals surface area contributed by atoms with Gasteiger partial charge in [-0.2, -0.15) is 0 Å². The zero-order valence-electron chi connectivity index (χ0n) is 5.79. The lowest BCUT2D eigenvalue weighted by Crippen LogP contribution is -2.56. The van der Waals surface area contributed by atoms with Crippen molar-refractivity contribution in [2.75, 3.05) is 0 Å². The summed E-state index contributed by atoms with van der Waals surface area (Å²) in [6.07, 6.45) is -6.52. The molecule has 1 rings (SSSR count). The van der Waals surface area contributed by atoms with E-state index < -0.39 is 30.7 Å². The van der Waals surface area contributed by atoms with Gasteiger partial charge in [-0.25, -0.2) is 0 Å². The highest BCUT2D eigenvalue weighted by Crippen LogP contribution is 2.18. The molecule has 0 aromatic heterocycles. The molecule has 11 heavy (non-hydrogen) atoms. The van der Waals surface area contributed by atoms with Crippen molar-refractivity contribution in [2.45, 2.75) is 30.7 Å². The van der Waals surface area contributed by atoms with Gasteiger partial charge in [-0.15, -0.1) is 0 Å². The van der Waals surface area contributed by atoms with Crippen LogP contribution >= 0.6 is 0 Å². The van der Waals surface area contributed by atoms with Crippen molar-refractivity contribution in [1.82, 2.24) is 0 Å². The van der Waals surface area contributed by atoms with Gasteiger partial charge >= 0.3 is 0 Å². The summed E-state index contributed by atoms with van der Waals surface area (Å²) in [5.41, 5.74) is 0. The van der Waals surface area contributed by atoms with Crippen molar-refractivity contribution in [3.8, 4) is 0 Å². The second-order valence-electron chi connectivity index (χ2n) is 2.54. The lowest BCUT2D eigenvalue weighted by molar-refractivity contribution is -0.271. The van der Waals surface area contributed by atoms with E-state index in [1.807, 2.05) is 0 Å². The first-order valence-corrected chi connectivity index (χ1v) is 3.25. The van der Waals surface area contributed by atoms with Crippen molar-refractivity contribution >= 4 is 0 Å². The number of aliphatic hydroxyl groups excluding tert-OH is 4. The molecule has 5 heteroatoms. The van der Waals surface area contributed by atoms with Crippen molar-refractivity contribution in [2.24, 2.45) is 0 Å². The molecule has 1 saturated heterocycles. The van der Waals surface area contributed by atoms with Gasteiger partial charge in [0, 0.05) is 0 Å². The Kier molecular flexibility index (Phi) is 2.46. The van der Waals surface area contributed by atoms with Crippen LogP contribution in [0, 0.1) is 6.92 Å². The molecule has 0 aromatic carbocycles. The predicted octanol–water partition coefficient (Wildman–Crippen LogP) is -2.38. The molecule has 0 unspecified atom stereocenters. The summed E-state index contributed by atoms with van der Waals surface area (Å²) in [4.78, 5) is 0. The fraction of sp³-hybridized carbons (Fsp3) is 0.833. The molecule has 0 spiro atoms. The van der Waals surface area contributed by atoms with Crippen molar-refractivity contribution in [1.29, 1.82) is 0 Å². The van der Waals surface area contributed by atoms with E-state index >= 15 is 0 Å². The first-order valence-electron chi connectivity index (χ1n) is 3.25. The minimum absolute atomic E-state index is 0.914. The van der Waals surface area contributed by atoms with E-state index in [2.05, 4.69) is 11.7 Å². The van der Waals surface area contributed by atoms with Crippen LogP contribution in [0.2, 0.25) is 0 Å². The molecule has 0 saturated carbocycles. The van der Waals surface area contributed by atoms with Gasteiger partial charge in [0.05, 0.1) is 6.10 Å². The third kappa shape index (κ3) is 1.52. The lowest BCUT2D eigenvalue weighted by Gasteiger charge is -2.36. The van der Waals surface area contributed by atoms with Crippen LogP contribution in [0.4, 0.5) is 0 Å². The molecule has 1 radical (unpaired) electrons. The van der Waals surface area contributed by atoms with Crippen LogP contribution in [-0.2, 0) is 4.74 Å². The molecule has 0 aliphatic carbocycles. The van der Waals surface area contributed by atoms with Crippen LogP contribution in [0.15, 0.2) is 0 Å². The average molecular weight is 163 g/mol. The molecule has 5 nitrogen and oxygen atoms in total. The molecule has 0 bridgehead atoms. The summed E-state index contributed by atoms with van der Waals surface area (Å²) in [6, 6.07) is 0. The Balaban J connectivity index is 2.63. The van der Waals surface area contributed by atoms with Crippen LogP contribution in [0.5, 0.6) is 0 Å². The zero-order chi connectivity index (χ0) is 8.59. The molecular weight excluding hydrogens is 152 g/mol. The molecule has 0 amide bonds. The number of aliphatic hydroxyl groups is 4. The Morgan fingerprint density at radius 3 is 2.00 bits per heavy atom. The van der Waals surface area contributed by atoms with Gasteiger partial charge < -0.3 is 25.2 Å². The highest BCUT2D eigenvalue weighted by molar-refractivity contribution is 4.89. The Labute approximate surface area is 63.8 Å². The maximum Gasteiger partial charge on any atom is 0.183 e. The van der Waals surface area contributed by atoms with Crippen LogP contribution in [0.25, 0.3) is 0 Å². The monoisotopic (exact) mass is 163 g/mol. The average Bonchev–Trinajstić information content (AvgIpc) is 1.97. The third-order valence-electron chi connectivity index (χ3n) is 1.69. The standard InChI is InChI=1S/C6H11O5/c1-2-3(7)4(8)5(9)6(10)11-2/h2-10H,1H2/t2-,3-,4+,5-,6+/m1/s1. The molecule has 0 aromatic rings. The number of rotatable bonds is 0. The third-order valence-corrected chi connectivity index (χ3v) is 1.69. The Morgan fingerprint density at radius 2 is 1.45 bits per heavy atom. The maximum atomic E-state index is 9.03. The van der Waals surface area contributed by atoms with E-state index in [0.29, 0.717) is 0 Å². The van der Waals surface area contributed by atoms with Crippen LogP contribution in [-0.4, -0.2) is 51.1 Å². The molecule has 1 aliphatic rings. The fourth-order valence-electron chi connectivity index (χ4n) is 0.931. The van der Waals surface area contributed by atoms with Gasteiger partial charge in [0.25, 0.3) is 0 Å². The minimum atomic E-state index is -1.48. The summed E-state index contributed by atoms with van der Waals surface area (Å²) < 4.78 is 4.57. The van der Waals surface area contributed by atoms with E-state index in [0.717, 1.165) is 0 Å². The van der Waals surface area contributed by atoms with Crippen molar-refractivity contribution in [3.05, 3.63) is 6.92 Å². The first-order chi connectivity index (χ1) is 5.04. The van der Waals surface area contributed by atoms with Crippen LogP contribution < -0.4 is 0 Å². The molecule has 1 fully saturated rings. The smallest absolute Gasteiger partial charge is 0.183 e. The zero-order valence-corrected chi connectivity index (χ0v) is 5.79. The van der Waals surface area contributed by atoms with Gasteiger partial charge in [-0.1, -0.05) is 0 Å². The molecule has 1 heterocycles. The maximum absolute atomic E-state index is 9.03. The molecular formula is C6H11O5. The molecule has 4 N–H and O–H groups in total. The predicted molar refractivity (Wildman–Crippen MR) is 34.3 cm³/mol. The quantitative estimate of drug-likeness (QED) is 0.320. The largest absolute Gasteiger partial charge is 0.388 e. The van der Waals surface area contributed by atoms with E-state index in [9.17, 15) is 0 Å². The Bertz CT molecular complexity index is 125. The normalized spacial score (nSPS) is 52.6. The topological polar surface area (TPSA) is 90.2 Å². The van der Waals surface area contributed by atoms with Gasteiger partial charge in [0.1, 0.15) is 18.3 Å². The van der Waals surface area contributed by atoms with Gasteiger partial charge in [0.2, 0.25) is 0 Å². The van der Waals surface area contributed by atoms with Crippen molar-refractivity contribution < 1.29 is 25.2 Å². The summed E-state index contributed by atoms with van der Waals surface area (Å²) in [5, 5.41) is 35.8. The fourth-order valence-corrected chi connectivity index (χ4v) is 0.931. The van der Waals surface area contributed by atoms with Gasteiger partial charge in [0.15, 0.2) is 6.29 Å².